The molecule has 0 aromatic heterocycles. The topological polar surface area (TPSA) is 12.0 Å². The zero-order valence-electron chi connectivity index (χ0n) is 14.7. The fourth-order valence-electron chi connectivity index (χ4n) is 4.43. The summed E-state index contributed by atoms with van der Waals surface area (Å²) in [6, 6.07) is 6.73. The molecule has 1 fully saturated rings. The van der Waals surface area contributed by atoms with Crippen molar-refractivity contribution in [3.8, 4) is 0 Å². The number of hydrogen-bond donors (Lipinski definition) is 1. The first-order chi connectivity index (χ1) is 11.1. The van der Waals surface area contributed by atoms with Gasteiger partial charge in [-0.2, -0.15) is 0 Å². The van der Waals surface area contributed by atoms with Crippen molar-refractivity contribution in [2.24, 2.45) is 11.8 Å². The van der Waals surface area contributed by atoms with Gasteiger partial charge in [0.05, 0.1) is 0 Å². The van der Waals surface area contributed by atoms with Crippen LogP contribution in [0, 0.1) is 17.7 Å². The van der Waals surface area contributed by atoms with Gasteiger partial charge in [-0.25, -0.2) is 4.39 Å². The summed E-state index contributed by atoms with van der Waals surface area (Å²) in [7, 11) is 0. The van der Waals surface area contributed by atoms with Gasteiger partial charge in [-0.15, -0.1) is 0 Å². The SMILES string of the molecule is CCCCc1cc(C2NC(CC)C3CC=C(C)C2C3)ccc1F. The van der Waals surface area contributed by atoms with E-state index in [1.54, 1.807) is 6.07 Å². The number of allylic oxidation sites excluding steroid dienone is 1. The molecule has 1 aliphatic carbocycles. The van der Waals surface area contributed by atoms with Crippen LogP contribution in [0.2, 0.25) is 0 Å². The van der Waals surface area contributed by atoms with E-state index in [0.29, 0.717) is 18.0 Å². The smallest absolute Gasteiger partial charge is 0.126 e. The van der Waals surface area contributed by atoms with E-state index in [9.17, 15) is 4.39 Å². The largest absolute Gasteiger partial charge is 0.306 e. The molecule has 1 saturated heterocycles. The first-order valence-corrected chi connectivity index (χ1v) is 9.35. The second-order valence-corrected chi connectivity index (χ2v) is 7.40. The summed E-state index contributed by atoms with van der Waals surface area (Å²) in [4.78, 5) is 0. The number of unbranched alkanes of at least 4 members (excludes halogenated alkanes) is 1. The summed E-state index contributed by atoms with van der Waals surface area (Å²) in [5, 5.41) is 3.89. The van der Waals surface area contributed by atoms with Gasteiger partial charge in [0, 0.05) is 12.1 Å². The van der Waals surface area contributed by atoms with Gasteiger partial charge < -0.3 is 5.32 Å². The molecular formula is C21H30FN. The van der Waals surface area contributed by atoms with E-state index >= 15 is 0 Å². The highest BCUT2D eigenvalue weighted by atomic mass is 19.1. The number of fused-ring (bicyclic) bond motifs is 2. The molecule has 1 nitrogen and oxygen atoms in total. The third kappa shape index (κ3) is 3.38. The fraction of sp³-hybridized carbons (Fsp3) is 0.619. The lowest BCUT2D eigenvalue weighted by atomic mass is 9.69. The average molecular weight is 315 g/mol. The Morgan fingerprint density at radius 2 is 2.09 bits per heavy atom. The summed E-state index contributed by atoms with van der Waals surface area (Å²) < 4.78 is 14.1. The van der Waals surface area contributed by atoms with E-state index in [2.05, 4.69) is 38.2 Å². The minimum Gasteiger partial charge on any atom is -0.306 e. The number of halogens is 1. The summed E-state index contributed by atoms with van der Waals surface area (Å²) in [6.45, 7) is 6.70. The average Bonchev–Trinajstić information content (AvgIpc) is 2.57. The first kappa shape index (κ1) is 16.7. The van der Waals surface area contributed by atoms with Gasteiger partial charge in [0.25, 0.3) is 0 Å². The Bertz CT molecular complexity index is 577. The van der Waals surface area contributed by atoms with Gasteiger partial charge in [0.2, 0.25) is 0 Å². The van der Waals surface area contributed by atoms with Crippen molar-refractivity contribution >= 4 is 0 Å². The minimum atomic E-state index is -0.0427. The second kappa shape index (κ2) is 7.17. The van der Waals surface area contributed by atoms with E-state index in [0.717, 1.165) is 30.7 Å². The predicted molar refractivity (Wildman–Crippen MR) is 94.9 cm³/mol. The highest BCUT2D eigenvalue weighted by Gasteiger charge is 2.39. The van der Waals surface area contributed by atoms with Crippen LogP contribution in [0.15, 0.2) is 29.8 Å². The van der Waals surface area contributed by atoms with Gasteiger partial charge in [-0.05, 0) is 68.1 Å². The standard InChI is InChI=1S/C21H30FN/c1-4-6-7-15-12-17(10-11-19(15)22)21-18-13-16(9-8-14(18)3)20(5-2)23-21/h8,10-12,16,18,20-21,23H,4-7,9,13H2,1-3H3. The van der Waals surface area contributed by atoms with Crippen molar-refractivity contribution in [3.63, 3.8) is 0 Å². The lowest BCUT2D eigenvalue weighted by molar-refractivity contribution is 0.166. The lowest BCUT2D eigenvalue weighted by Gasteiger charge is -2.46. The Labute approximate surface area is 140 Å². The summed E-state index contributed by atoms with van der Waals surface area (Å²) >= 11 is 0. The van der Waals surface area contributed by atoms with Crippen LogP contribution in [0.3, 0.4) is 0 Å². The van der Waals surface area contributed by atoms with E-state index < -0.39 is 0 Å². The summed E-state index contributed by atoms with van der Waals surface area (Å²) in [6.07, 6.45) is 9.12. The van der Waals surface area contributed by atoms with Gasteiger partial charge in [0.1, 0.15) is 5.82 Å². The molecule has 1 aliphatic heterocycles. The number of nitrogens with one attached hydrogen (secondary N) is 1. The third-order valence-corrected chi connectivity index (χ3v) is 5.92. The molecule has 1 aromatic carbocycles. The van der Waals surface area contributed by atoms with Crippen molar-refractivity contribution in [1.82, 2.24) is 5.32 Å². The molecule has 23 heavy (non-hydrogen) atoms. The Morgan fingerprint density at radius 3 is 2.83 bits per heavy atom. The molecular weight excluding hydrogens is 285 g/mol. The van der Waals surface area contributed by atoms with E-state index in [-0.39, 0.29) is 5.82 Å². The predicted octanol–water partition coefficient (Wildman–Crippen LogP) is 5.56. The molecule has 1 aromatic rings. The van der Waals surface area contributed by atoms with Crippen molar-refractivity contribution in [2.75, 3.05) is 0 Å². The monoisotopic (exact) mass is 315 g/mol. The molecule has 0 saturated carbocycles. The molecule has 2 heteroatoms. The van der Waals surface area contributed by atoms with Crippen LogP contribution in [0.5, 0.6) is 0 Å². The minimum absolute atomic E-state index is 0.0427. The van der Waals surface area contributed by atoms with Crippen LogP contribution in [0.25, 0.3) is 0 Å². The normalized spacial score (nSPS) is 30.2. The van der Waals surface area contributed by atoms with Gasteiger partial charge >= 0.3 is 0 Å². The van der Waals surface area contributed by atoms with Crippen molar-refractivity contribution < 1.29 is 4.39 Å². The quantitative estimate of drug-likeness (QED) is 0.701. The maximum absolute atomic E-state index is 14.1. The molecule has 2 aliphatic rings. The van der Waals surface area contributed by atoms with Crippen LogP contribution < -0.4 is 5.32 Å². The number of rotatable bonds is 5. The van der Waals surface area contributed by atoms with Crippen LogP contribution >= 0.6 is 0 Å². The van der Waals surface area contributed by atoms with Crippen LogP contribution in [-0.4, -0.2) is 6.04 Å². The summed E-state index contributed by atoms with van der Waals surface area (Å²) in [5.41, 5.74) is 3.67. The molecule has 3 rings (SSSR count). The molecule has 1 heterocycles. The van der Waals surface area contributed by atoms with E-state index in [1.807, 2.05) is 6.07 Å². The lowest BCUT2D eigenvalue weighted by Crippen LogP contribution is -2.48. The molecule has 0 spiro atoms. The Morgan fingerprint density at radius 1 is 1.26 bits per heavy atom. The van der Waals surface area contributed by atoms with Crippen molar-refractivity contribution in [2.45, 2.75) is 71.4 Å². The number of aryl methyl sites for hydroxylation is 1. The molecule has 4 atom stereocenters. The number of benzene rings is 1. The van der Waals surface area contributed by atoms with Gasteiger partial charge in [-0.3, -0.25) is 0 Å². The fourth-order valence-corrected chi connectivity index (χ4v) is 4.43. The molecule has 2 bridgehead atoms. The highest BCUT2D eigenvalue weighted by molar-refractivity contribution is 5.31. The van der Waals surface area contributed by atoms with Crippen LogP contribution in [0.4, 0.5) is 4.39 Å². The molecule has 1 N–H and O–H groups in total. The Hall–Kier alpha value is -1.15. The molecule has 0 amide bonds. The van der Waals surface area contributed by atoms with Crippen molar-refractivity contribution in [3.05, 3.63) is 46.8 Å². The van der Waals surface area contributed by atoms with Gasteiger partial charge in [0.15, 0.2) is 0 Å². The molecule has 126 valence electrons. The maximum Gasteiger partial charge on any atom is 0.126 e. The van der Waals surface area contributed by atoms with Crippen LogP contribution in [0.1, 0.15) is 70.0 Å². The highest BCUT2D eigenvalue weighted by Crippen LogP contribution is 2.44. The third-order valence-electron chi connectivity index (χ3n) is 5.92. The second-order valence-electron chi connectivity index (χ2n) is 7.40. The number of piperidine rings is 1. The van der Waals surface area contributed by atoms with Crippen LogP contribution in [-0.2, 0) is 6.42 Å². The van der Waals surface area contributed by atoms with Crippen molar-refractivity contribution in [1.29, 1.82) is 0 Å². The van der Waals surface area contributed by atoms with Gasteiger partial charge in [-0.1, -0.05) is 44.1 Å². The Balaban J connectivity index is 1.90. The molecule has 4 unspecified atom stereocenters. The van der Waals surface area contributed by atoms with E-state index in [4.69, 9.17) is 0 Å². The zero-order valence-corrected chi connectivity index (χ0v) is 14.7. The number of hydrogen-bond acceptors (Lipinski definition) is 1. The Kier molecular flexibility index (Phi) is 5.21. The maximum atomic E-state index is 14.1. The molecule has 0 radical (unpaired) electrons. The zero-order chi connectivity index (χ0) is 16.4. The summed E-state index contributed by atoms with van der Waals surface area (Å²) in [5.74, 6) is 1.30. The van der Waals surface area contributed by atoms with E-state index in [1.165, 1.54) is 30.4 Å². The first-order valence-electron chi connectivity index (χ1n) is 9.35.